The third kappa shape index (κ3) is 3.04. The summed E-state index contributed by atoms with van der Waals surface area (Å²) >= 11 is 0. The molecule has 19 heavy (non-hydrogen) atoms. The van der Waals surface area contributed by atoms with Gasteiger partial charge in [-0.2, -0.15) is 0 Å². The Balaban J connectivity index is 2.22. The number of morpholine rings is 1. The largest absolute Gasteiger partial charge is 0.383 e. The van der Waals surface area contributed by atoms with Gasteiger partial charge in [0, 0.05) is 30.4 Å². The van der Waals surface area contributed by atoms with E-state index in [4.69, 9.17) is 10.5 Å². The number of aromatic nitrogens is 2. The Morgan fingerprint density at radius 3 is 2.74 bits per heavy atom. The molecular weight excluding hydrogens is 240 g/mol. The molecule has 2 rings (SSSR count). The molecule has 1 saturated heterocycles. The van der Waals surface area contributed by atoms with Crippen molar-refractivity contribution in [1.29, 1.82) is 0 Å². The fraction of sp³-hybridized carbons (Fsp3) is 0.714. The van der Waals surface area contributed by atoms with Crippen LogP contribution in [0.1, 0.15) is 44.0 Å². The van der Waals surface area contributed by atoms with E-state index in [2.05, 4.69) is 35.6 Å². The number of aryl methyl sites for hydroxylation is 1. The molecular formula is C14H24N4O. The molecule has 0 bridgehead atoms. The van der Waals surface area contributed by atoms with Crippen LogP contribution in [0.25, 0.3) is 0 Å². The van der Waals surface area contributed by atoms with Gasteiger partial charge in [-0.15, -0.1) is 0 Å². The fourth-order valence-corrected chi connectivity index (χ4v) is 2.52. The van der Waals surface area contributed by atoms with Gasteiger partial charge in [0.2, 0.25) is 0 Å². The van der Waals surface area contributed by atoms with Crippen molar-refractivity contribution in [3.8, 4) is 0 Å². The van der Waals surface area contributed by atoms with Crippen LogP contribution in [0.3, 0.4) is 0 Å². The molecule has 1 unspecified atom stereocenters. The van der Waals surface area contributed by atoms with E-state index in [0.29, 0.717) is 11.9 Å². The second-order valence-corrected chi connectivity index (χ2v) is 5.33. The third-order valence-corrected chi connectivity index (χ3v) is 3.73. The molecule has 0 aromatic carbocycles. The predicted octanol–water partition coefficient (Wildman–Crippen LogP) is 1.71. The summed E-state index contributed by atoms with van der Waals surface area (Å²) in [5.74, 6) is 1.31. The van der Waals surface area contributed by atoms with Crippen LogP contribution in [0.15, 0.2) is 0 Å². The first-order chi connectivity index (χ1) is 9.02. The van der Waals surface area contributed by atoms with Crippen molar-refractivity contribution < 1.29 is 4.74 Å². The molecule has 0 saturated carbocycles. The Kier molecular flexibility index (Phi) is 4.37. The zero-order valence-corrected chi connectivity index (χ0v) is 12.3. The molecule has 2 heterocycles. The van der Waals surface area contributed by atoms with Crippen LogP contribution in [-0.4, -0.2) is 40.6 Å². The number of ether oxygens (including phenoxy) is 1. The minimum absolute atomic E-state index is 0.0666. The lowest BCUT2D eigenvalue weighted by molar-refractivity contribution is -0.0442. The summed E-state index contributed by atoms with van der Waals surface area (Å²) < 4.78 is 5.81. The number of hydrogen-bond acceptors (Lipinski definition) is 5. The number of anilines is 1. The quantitative estimate of drug-likeness (QED) is 0.900. The van der Waals surface area contributed by atoms with Crippen LogP contribution < -0.4 is 5.73 Å². The van der Waals surface area contributed by atoms with Crippen molar-refractivity contribution in [1.82, 2.24) is 14.9 Å². The normalized spacial score (nSPS) is 21.0. The summed E-state index contributed by atoms with van der Waals surface area (Å²) in [5.41, 5.74) is 8.02. The van der Waals surface area contributed by atoms with E-state index < -0.39 is 0 Å². The molecule has 0 amide bonds. The first-order valence-corrected chi connectivity index (χ1v) is 7.01. The zero-order valence-electron chi connectivity index (χ0n) is 12.3. The van der Waals surface area contributed by atoms with E-state index in [1.165, 1.54) is 0 Å². The highest BCUT2D eigenvalue weighted by molar-refractivity contribution is 5.42. The number of nitrogens with two attached hydrogens (primary N) is 1. The van der Waals surface area contributed by atoms with E-state index in [0.717, 1.165) is 43.2 Å². The van der Waals surface area contributed by atoms with E-state index in [1.54, 1.807) is 0 Å². The van der Waals surface area contributed by atoms with Crippen LogP contribution >= 0.6 is 0 Å². The average molecular weight is 264 g/mol. The van der Waals surface area contributed by atoms with Crippen LogP contribution in [0.5, 0.6) is 0 Å². The van der Waals surface area contributed by atoms with Gasteiger partial charge in [0.25, 0.3) is 0 Å². The highest BCUT2D eigenvalue weighted by Crippen LogP contribution is 2.23. The maximum Gasteiger partial charge on any atom is 0.161 e. The van der Waals surface area contributed by atoms with Crippen molar-refractivity contribution in [2.24, 2.45) is 0 Å². The lowest BCUT2D eigenvalue weighted by Gasteiger charge is -2.34. The van der Waals surface area contributed by atoms with Crippen LogP contribution in [-0.2, 0) is 11.2 Å². The van der Waals surface area contributed by atoms with Gasteiger partial charge in [-0.05, 0) is 27.2 Å². The highest BCUT2D eigenvalue weighted by atomic mass is 16.5. The van der Waals surface area contributed by atoms with Crippen LogP contribution in [0.2, 0.25) is 0 Å². The number of nitrogen functional groups attached to an aromatic ring is 1. The Morgan fingerprint density at radius 1 is 1.42 bits per heavy atom. The van der Waals surface area contributed by atoms with Gasteiger partial charge >= 0.3 is 0 Å². The second kappa shape index (κ2) is 5.84. The predicted molar refractivity (Wildman–Crippen MR) is 76.0 cm³/mol. The molecule has 1 fully saturated rings. The van der Waals surface area contributed by atoms with Crippen molar-refractivity contribution in [3.63, 3.8) is 0 Å². The number of nitrogens with zero attached hydrogens (tertiary/aromatic N) is 3. The van der Waals surface area contributed by atoms with Gasteiger partial charge in [-0.1, -0.05) is 6.92 Å². The van der Waals surface area contributed by atoms with Gasteiger partial charge in [-0.25, -0.2) is 9.97 Å². The van der Waals surface area contributed by atoms with Crippen molar-refractivity contribution in [3.05, 3.63) is 17.1 Å². The molecule has 0 aliphatic carbocycles. The van der Waals surface area contributed by atoms with Gasteiger partial charge < -0.3 is 10.5 Å². The molecule has 5 nitrogen and oxygen atoms in total. The smallest absolute Gasteiger partial charge is 0.161 e. The molecule has 1 aromatic heterocycles. The summed E-state index contributed by atoms with van der Waals surface area (Å²) in [6.07, 6.45) is 0.796. The Bertz CT molecular complexity index is 424. The average Bonchev–Trinajstić information content (AvgIpc) is 2.38. The van der Waals surface area contributed by atoms with Crippen molar-refractivity contribution in [2.45, 2.75) is 46.3 Å². The molecule has 2 N–H and O–H groups in total. The van der Waals surface area contributed by atoms with E-state index >= 15 is 0 Å². The van der Waals surface area contributed by atoms with Crippen molar-refractivity contribution >= 4 is 5.82 Å². The van der Waals surface area contributed by atoms with Gasteiger partial charge in [-0.3, -0.25) is 4.90 Å². The lowest BCUT2D eigenvalue weighted by Crippen LogP contribution is -2.42. The summed E-state index contributed by atoms with van der Waals surface area (Å²) in [7, 11) is 0. The summed E-state index contributed by atoms with van der Waals surface area (Å²) in [6.45, 7) is 11.0. The Labute approximate surface area is 115 Å². The second-order valence-electron chi connectivity index (χ2n) is 5.33. The van der Waals surface area contributed by atoms with Gasteiger partial charge in [0.1, 0.15) is 11.9 Å². The number of hydrogen-bond donors (Lipinski definition) is 1. The van der Waals surface area contributed by atoms with E-state index in [-0.39, 0.29) is 6.10 Å². The molecule has 1 aliphatic heterocycles. The minimum atomic E-state index is -0.0666. The summed E-state index contributed by atoms with van der Waals surface area (Å²) in [5, 5.41) is 0. The molecule has 1 aromatic rings. The third-order valence-electron chi connectivity index (χ3n) is 3.73. The molecule has 0 spiro atoms. The summed E-state index contributed by atoms with van der Waals surface area (Å²) in [6, 6.07) is 0.514. The zero-order chi connectivity index (χ0) is 14.0. The standard InChI is InChI=1S/C14H24N4O/c1-5-11-10(4)16-14(17-13(11)15)12-8-18(9(2)3)6-7-19-12/h9,12H,5-8H2,1-4H3,(H2,15,16,17). The lowest BCUT2D eigenvalue weighted by atomic mass is 10.1. The molecule has 1 aliphatic rings. The first kappa shape index (κ1) is 14.2. The SMILES string of the molecule is CCc1c(C)nc(C2CN(C(C)C)CCO2)nc1N. The maximum atomic E-state index is 6.01. The Hall–Kier alpha value is -1.20. The van der Waals surface area contributed by atoms with Crippen LogP contribution in [0, 0.1) is 6.92 Å². The van der Waals surface area contributed by atoms with Gasteiger partial charge in [0.15, 0.2) is 5.82 Å². The maximum absolute atomic E-state index is 6.01. The van der Waals surface area contributed by atoms with Crippen molar-refractivity contribution in [2.75, 3.05) is 25.4 Å². The molecule has 1 atom stereocenters. The topological polar surface area (TPSA) is 64.3 Å². The highest BCUT2D eigenvalue weighted by Gasteiger charge is 2.26. The summed E-state index contributed by atoms with van der Waals surface area (Å²) in [4.78, 5) is 11.4. The Morgan fingerprint density at radius 2 is 2.16 bits per heavy atom. The number of rotatable bonds is 3. The van der Waals surface area contributed by atoms with E-state index in [9.17, 15) is 0 Å². The van der Waals surface area contributed by atoms with E-state index in [1.807, 2.05) is 6.92 Å². The molecule has 5 heteroatoms. The van der Waals surface area contributed by atoms with Crippen LogP contribution in [0.4, 0.5) is 5.82 Å². The fourth-order valence-electron chi connectivity index (χ4n) is 2.52. The first-order valence-electron chi connectivity index (χ1n) is 7.01. The minimum Gasteiger partial charge on any atom is -0.383 e. The molecule has 106 valence electrons. The molecule has 0 radical (unpaired) electrons. The monoisotopic (exact) mass is 264 g/mol. The van der Waals surface area contributed by atoms with Gasteiger partial charge in [0.05, 0.1) is 6.61 Å².